The fourth-order valence-corrected chi connectivity index (χ4v) is 1.13. The van der Waals surface area contributed by atoms with Gasteiger partial charge in [-0.15, -0.1) is 0 Å². The molecule has 0 aliphatic heterocycles. The summed E-state index contributed by atoms with van der Waals surface area (Å²) in [6.45, 7) is 10.8. The van der Waals surface area contributed by atoms with Gasteiger partial charge in [0.05, 0.1) is 6.26 Å². The van der Waals surface area contributed by atoms with Crippen LogP contribution in [0.3, 0.4) is 0 Å². The van der Waals surface area contributed by atoms with E-state index in [0.29, 0.717) is 11.3 Å². The van der Waals surface area contributed by atoms with Crippen LogP contribution in [0.1, 0.15) is 11.1 Å². The Bertz CT molecular complexity index is 378. The molecule has 14 heavy (non-hydrogen) atoms. The first-order valence-corrected chi connectivity index (χ1v) is 4.11. The van der Waals surface area contributed by atoms with Crippen molar-refractivity contribution in [1.29, 1.82) is 0 Å². The van der Waals surface area contributed by atoms with Crippen LogP contribution in [0.25, 0.3) is 11.8 Å². The van der Waals surface area contributed by atoms with Crippen LogP contribution in [-0.2, 0) is 4.74 Å². The predicted molar refractivity (Wildman–Crippen MR) is 58.5 cm³/mol. The highest BCUT2D eigenvalue weighted by molar-refractivity contribution is 5.70. The second-order valence-corrected chi connectivity index (χ2v) is 2.68. The summed E-state index contributed by atoms with van der Waals surface area (Å²) in [6.07, 6.45) is 2.96. The summed E-state index contributed by atoms with van der Waals surface area (Å²) in [5.41, 5.74) is 1.56. The number of phenols is 1. The largest absolute Gasteiger partial charge is 0.508 e. The van der Waals surface area contributed by atoms with Crippen molar-refractivity contribution in [2.75, 3.05) is 0 Å². The number of hydrogen-bond acceptors (Lipinski definition) is 2. The minimum Gasteiger partial charge on any atom is -0.508 e. The van der Waals surface area contributed by atoms with E-state index in [0.717, 1.165) is 5.56 Å². The molecule has 1 aromatic rings. The molecule has 0 aromatic heterocycles. The lowest BCUT2D eigenvalue weighted by molar-refractivity contribution is 0.438. The van der Waals surface area contributed by atoms with Crippen molar-refractivity contribution in [3.8, 4) is 5.75 Å². The molecule has 1 N–H and O–H groups in total. The topological polar surface area (TPSA) is 29.5 Å². The van der Waals surface area contributed by atoms with Gasteiger partial charge in [0.15, 0.2) is 0 Å². The van der Waals surface area contributed by atoms with Crippen molar-refractivity contribution in [1.82, 2.24) is 0 Å². The third-order valence-electron chi connectivity index (χ3n) is 1.78. The van der Waals surface area contributed by atoms with E-state index >= 15 is 0 Å². The summed E-state index contributed by atoms with van der Waals surface area (Å²) >= 11 is 0. The Hall–Kier alpha value is -1.96. The molecule has 72 valence electrons. The zero-order chi connectivity index (χ0) is 10.6. The SMILES string of the molecule is C=COC(=C)c1cc(O)ccc1C=C. The molecule has 0 fully saturated rings. The van der Waals surface area contributed by atoms with Crippen LogP contribution < -0.4 is 0 Å². The summed E-state index contributed by atoms with van der Waals surface area (Å²) in [4.78, 5) is 0. The summed E-state index contributed by atoms with van der Waals surface area (Å²) in [5.74, 6) is 0.602. The molecule has 0 saturated heterocycles. The fraction of sp³-hybridized carbons (Fsp3) is 0. The van der Waals surface area contributed by atoms with Crippen LogP contribution in [-0.4, -0.2) is 5.11 Å². The molecule has 0 bridgehead atoms. The van der Waals surface area contributed by atoms with Crippen molar-refractivity contribution in [3.63, 3.8) is 0 Å². The molecular formula is C12H12O2. The second kappa shape index (κ2) is 4.33. The predicted octanol–water partition coefficient (Wildman–Crippen LogP) is 3.17. The molecule has 2 heteroatoms. The van der Waals surface area contributed by atoms with Gasteiger partial charge in [0.2, 0.25) is 0 Å². The highest BCUT2D eigenvalue weighted by Crippen LogP contribution is 2.24. The first-order chi connectivity index (χ1) is 6.69. The van der Waals surface area contributed by atoms with Crippen LogP contribution in [0.5, 0.6) is 5.75 Å². The molecule has 0 amide bonds. The molecule has 2 nitrogen and oxygen atoms in total. The molecule has 1 aromatic carbocycles. The van der Waals surface area contributed by atoms with Crippen LogP contribution >= 0.6 is 0 Å². The lowest BCUT2D eigenvalue weighted by atomic mass is 10.1. The Morgan fingerprint density at radius 1 is 1.36 bits per heavy atom. The number of rotatable bonds is 4. The van der Waals surface area contributed by atoms with Gasteiger partial charge in [-0.25, -0.2) is 0 Å². The summed E-state index contributed by atoms with van der Waals surface area (Å²) in [7, 11) is 0. The van der Waals surface area contributed by atoms with Crippen molar-refractivity contribution >= 4 is 11.8 Å². The lowest BCUT2D eigenvalue weighted by Gasteiger charge is -2.08. The van der Waals surface area contributed by atoms with Gasteiger partial charge in [0, 0.05) is 5.56 Å². The maximum atomic E-state index is 9.29. The quantitative estimate of drug-likeness (QED) is 0.735. The van der Waals surface area contributed by atoms with Crippen molar-refractivity contribution in [2.24, 2.45) is 0 Å². The minimum atomic E-state index is 0.166. The molecule has 0 saturated carbocycles. The fourth-order valence-electron chi connectivity index (χ4n) is 1.13. The van der Waals surface area contributed by atoms with Gasteiger partial charge >= 0.3 is 0 Å². The maximum Gasteiger partial charge on any atom is 0.127 e. The van der Waals surface area contributed by atoms with Gasteiger partial charge in [-0.2, -0.15) is 0 Å². The molecule has 0 aliphatic rings. The van der Waals surface area contributed by atoms with Gasteiger partial charge in [-0.3, -0.25) is 0 Å². The van der Waals surface area contributed by atoms with E-state index < -0.39 is 0 Å². The number of phenolic OH excluding ortho intramolecular Hbond substituents is 1. The smallest absolute Gasteiger partial charge is 0.127 e. The van der Waals surface area contributed by atoms with Gasteiger partial charge in [-0.1, -0.05) is 31.9 Å². The lowest BCUT2D eigenvalue weighted by Crippen LogP contribution is -1.88. The molecular weight excluding hydrogens is 176 g/mol. The van der Waals surface area contributed by atoms with E-state index in [-0.39, 0.29) is 5.75 Å². The van der Waals surface area contributed by atoms with E-state index in [1.54, 1.807) is 24.3 Å². The van der Waals surface area contributed by atoms with Gasteiger partial charge in [0.25, 0.3) is 0 Å². The number of ether oxygens (including phenoxy) is 1. The molecule has 0 spiro atoms. The molecule has 1 rings (SSSR count). The number of aromatic hydroxyl groups is 1. The van der Waals surface area contributed by atoms with Crippen molar-refractivity contribution in [2.45, 2.75) is 0 Å². The summed E-state index contributed by atoms with van der Waals surface area (Å²) < 4.78 is 5.04. The highest BCUT2D eigenvalue weighted by atomic mass is 16.5. The Labute approximate surface area is 83.5 Å². The Kier molecular flexibility index (Phi) is 3.13. The summed E-state index contributed by atoms with van der Waals surface area (Å²) in [6, 6.07) is 4.90. The van der Waals surface area contributed by atoms with Crippen molar-refractivity contribution in [3.05, 3.63) is 55.3 Å². The monoisotopic (exact) mass is 188 g/mol. The molecule has 0 heterocycles. The van der Waals surface area contributed by atoms with Crippen LogP contribution in [0.4, 0.5) is 0 Å². The molecule has 0 atom stereocenters. The average molecular weight is 188 g/mol. The molecule has 0 radical (unpaired) electrons. The first kappa shape index (κ1) is 10.1. The van der Waals surface area contributed by atoms with E-state index in [4.69, 9.17) is 4.74 Å². The van der Waals surface area contributed by atoms with E-state index in [1.165, 1.54) is 6.26 Å². The van der Waals surface area contributed by atoms with Gasteiger partial charge in [-0.05, 0) is 17.7 Å². The number of benzene rings is 1. The van der Waals surface area contributed by atoms with Gasteiger partial charge in [0.1, 0.15) is 11.5 Å². The van der Waals surface area contributed by atoms with Crippen LogP contribution in [0.15, 0.2) is 44.2 Å². The molecule has 0 aliphatic carbocycles. The Morgan fingerprint density at radius 2 is 2.07 bits per heavy atom. The maximum absolute atomic E-state index is 9.29. The van der Waals surface area contributed by atoms with Crippen molar-refractivity contribution < 1.29 is 9.84 Å². The van der Waals surface area contributed by atoms with E-state index in [1.807, 2.05) is 0 Å². The number of hydrogen-bond donors (Lipinski definition) is 1. The zero-order valence-electron chi connectivity index (χ0n) is 7.86. The highest BCUT2D eigenvalue weighted by Gasteiger charge is 2.05. The Balaban J connectivity index is 3.16. The Morgan fingerprint density at radius 3 is 2.64 bits per heavy atom. The second-order valence-electron chi connectivity index (χ2n) is 2.68. The normalized spacial score (nSPS) is 9.14. The van der Waals surface area contributed by atoms with Crippen LogP contribution in [0, 0.1) is 0 Å². The standard InChI is InChI=1S/C12H12O2/c1-4-10-6-7-11(13)8-12(10)9(3)14-5-2/h4-8,13H,1-3H2. The third-order valence-corrected chi connectivity index (χ3v) is 1.78. The average Bonchev–Trinajstić information content (AvgIpc) is 2.18. The van der Waals surface area contributed by atoms with E-state index in [9.17, 15) is 5.11 Å². The van der Waals surface area contributed by atoms with Gasteiger partial charge < -0.3 is 9.84 Å². The first-order valence-electron chi connectivity index (χ1n) is 4.11. The molecule has 0 unspecified atom stereocenters. The zero-order valence-corrected chi connectivity index (χ0v) is 7.86. The minimum absolute atomic E-state index is 0.166. The van der Waals surface area contributed by atoms with Crippen LogP contribution in [0.2, 0.25) is 0 Å². The third kappa shape index (κ3) is 2.04. The van der Waals surface area contributed by atoms with E-state index in [2.05, 4.69) is 19.7 Å². The summed E-state index contributed by atoms with van der Waals surface area (Å²) in [5, 5.41) is 9.29.